The third kappa shape index (κ3) is 5.12. The second-order valence-electron chi connectivity index (χ2n) is 6.65. The van der Waals surface area contributed by atoms with Crippen LogP contribution < -0.4 is 4.74 Å². The third-order valence-corrected chi connectivity index (χ3v) is 8.19. The summed E-state index contributed by atoms with van der Waals surface area (Å²) in [4.78, 5) is 17.0. The molecule has 0 atom stereocenters. The Balaban J connectivity index is 1.76. The Kier molecular flexibility index (Phi) is 7.89. The smallest absolute Gasteiger partial charge is 0.338 e. The molecule has 0 N–H and O–H groups in total. The maximum atomic E-state index is 12.8. The second kappa shape index (κ2) is 10.4. The van der Waals surface area contributed by atoms with Crippen molar-refractivity contribution in [3.63, 3.8) is 0 Å². The first-order valence-corrected chi connectivity index (χ1v) is 12.6. The van der Waals surface area contributed by atoms with Gasteiger partial charge in [0.05, 0.1) is 29.0 Å². The number of rotatable bonds is 9. The fourth-order valence-electron chi connectivity index (χ4n) is 3.07. The number of halogens is 1. The lowest BCUT2D eigenvalue weighted by Gasteiger charge is -2.19. The lowest BCUT2D eigenvalue weighted by molar-refractivity contribution is 0.0468. The fraction of sp³-hybridized carbons (Fsp3) is 0.273. The molecule has 0 aliphatic rings. The number of benzene rings is 2. The number of carbonyl (C=O) groups excluding carboxylic acids is 1. The highest BCUT2D eigenvalue weighted by molar-refractivity contribution is 7.89. The van der Waals surface area contributed by atoms with E-state index in [1.54, 1.807) is 26.3 Å². The van der Waals surface area contributed by atoms with Crippen molar-refractivity contribution in [1.29, 1.82) is 0 Å². The SMILES string of the molecule is CCN(CC)S(=O)(=O)c1cc(C(=O)OCc2csc(-c3ccccc3OC)n2)ccc1Cl. The van der Waals surface area contributed by atoms with E-state index < -0.39 is 16.0 Å². The third-order valence-electron chi connectivity index (χ3n) is 4.73. The number of carbonyl (C=O) groups is 1. The van der Waals surface area contributed by atoms with Crippen molar-refractivity contribution in [1.82, 2.24) is 9.29 Å². The molecule has 3 rings (SSSR count). The van der Waals surface area contributed by atoms with Crippen LogP contribution in [0.1, 0.15) is 29.9 Å². The summed E-state index contributed by atoms with van der Waals surface area (Å²) in [5.74, 6) is 0.0398. The Morgan fingerprint density at radius 2 is 1.88 bits per heavy atom. The van der Waals surface area contributed by atoms with Crippen molar-refractivity contribution in [2.24, 2.45) is 0 Å². The van der Waals surface area contributed by atoms with Crippen LogP contribution in [0.5, 0.6) is 5.75 Å². The van der Waals surface area contributed by atoms with Crippen molar-refractivity contribution in [3.8, 4) is 16.3 Å². The summed E-state index contributed by atoms with van der Waals surface area (Å²) in [6.07, 6.45) is 0. The van der Waals surface area contributed by atoms with Crippen LogP contribution >= 0.6 is 22.9 Å². The summed E-state index contributed by atoms with van der Waals surface area (Å²) >= 11 is 7.54. The van der Waals surface area contributed by atoms with Gasteiger partial charge in [0.2, 0.25) is 10.0 Å². The van der Waals surface area contributed by atoms with Crippen molar-refractivity contribution in [2.45, 2.75) is 25.3 Å². The van der Waals surface area contributed by atoms with Gasteiger partial charge < -0.3 is 9.47 Å². The summed E-state index contributed by atoms with van der Waals surface area (Å²) in [5, 5.41) is 2.59. The molecule has 3 aromatic rings. The summed E-state index contributed by atoms with van der Waals surface area (Å²) < 4.78 is 37.7. The van der Waals surface area contributed by atoms with E-state index >= 15 is 0 Å². The minimum Gasteiger partial charge on any atom is -0.496 e. The molecule has 1 heterocycles. The molecule has 0 saturated heterocycles. The zero-order valence-corrected chi connectivity index (χ0v) is 20.3. The molecule has 0 fully saturated rings. The van der Waals surface area contributed by atoms with Crippen molar-refractivity contribution >= 4 is 38.9 Å². The molecule has 2 aromatic carbocycles. The van der Waals surface area contributed by atoms with Gasteiger partial charge in [-0.2, -0.15) is 4.31 Å². The molecule has 0 aliphatic carbocycles. The number of para-hydroxylation sites is 1. The number of ether oxygens (including phenoxy) is 2. The second-order valence-corrected chi connectivity index (χ2v) is 9.83. The average Bonchev–Trinajstić information content (AvgIpc) is 3.27. The number of methoxy groups -OCH3 is 1. The molecular weight excluding hydrogens is 472 g/mol. The number of nitrogens with zero attached hydrogens (tertiary/aromatic N) is 2. The van der Waals surface area contributed by atoms with Crippen LogP contribution in [-0.2, 0) is 21.4 Å². The van der Waals surface area contributed by atoms with Gasteiger partial charge in [0.25, 0.3) is 0 Å². The Morgan fingerprint density at radius 1 is 1.16 bits per heavy atom. The summed E-state index contributed by atoms with van der Waals surface area (Å²) in [7, 11) is -2.22. The maximum Gasteiger partial charge on any atom is 0.338 e. The van der Waals surface area contributed by atoms with E-state index in [2.05, 4.69) is 4.98 Å². The van der Waals surface area contributed by atoms with Gasteiger partial charge >= 0.3 is 5.97 Å². The number of esters is 1. The van der Waals surface area contributed by atoms with Crippen LogP contribution in [0, 0.1) is 0 Å². The molecule has 0 aliphatic heterocycles. The summed E-state index contributed by atoms with van der Waals surface area (Å²) in [6, 6.07) is 11.6. The highest BCUT2D eigenvalue weighted by Gasteiger charge is 2.26. The lowest BCUT2D eigenvalue weighted by atomic mass is 10.2. The van der Waals surface area contributed by atoms with Crippen LogP contribution in [0.25, 0.3) is 10.6 Å². The van der Waals surface area contributed by atoms with E-state index in [0.717, 1.165) is 10.6 Å². The normalized spacial score (nSPS) is 11.5. The topological polar surface area (TPSA) is 85.8 Å². The van der Waals surface area contributed by atoms with Gasteiger partial charge in [-0.25, -0.2) is 18.2 Å². The fourth-order valence-corrected chi connectivity index (χ4v) is 5.86. The van der Waals surface area contributed by atoms with Crippen LogP contribution in [0.2, 0.25) is 5.02 Å². The van der Waals surface area contributed by atoms with Gasteiger partial charge in [-0.1, -0.05) is 37.6 Å². The molecular formula is C22H23ClN2O5S2. The highest BCUT2D eigenvalue weighted by Crippen LogP contribution is 2.32. The Hall–Kier alpha value is -2.46. The molecule has 0 unspecified atom stereocenters. The van der Waals surface area contributed by atoms with E-state index in [9.17, 15) is 13.2 Å². The van der Waals surface area contributed by atoms with Crippen molar-refractivity contribution in [2.75, 3.05) is 20.2 Å². The van der Waals surface area contributed by atoms with Crippen LogP contribution in [0.15, 0.2) is 52.7 Å². The monoisotopic (exact) mass is 494 g/mol. The molecule has 170 valence electrons. The average molecular weight is 495 g/mol. The highest BCUT2D eigenvalue weighted by atomic mass is 35.5. The van der Waals surface area contributed by atoms with E-state index in [-0.39, 0.29) is 22.1 Å². The summed E-state index contributed by atoms with van der Waals surface area (Å²) in [6.45, 7) is 4.01. The van der Waals surface area contributed by atoms with Gasteiger partial charge in [-0.15, -0.1) is 11.3 Å². The Bertz CT molecular complexity index is 1210. The maximum absolute atomic E-state index is 12.8. The number of hydrogen-bond donors (Lipinski definition) is 0. The lowest BCUT2D eigenvalue weighted by Crippen LogP contribution is -2.31. The van der Waals surface area contributed by atoms with E-state index in [0.29, 0.717) is 24.5 Å². The molecule has 7 nitrogen and oxygen atoms in total. The Labute approximate surface area is 196 Å². The zero-order valence-electron chi connectivity index (χ0n) is 17.9. The van der Waals surface area contributed by atoms with E-state index in [1.165, 1.54) is 33.8 Å². The number of aromatic nitrogens is 1. The van der Waals surface area contributed by atoms with E-state index in [4.69, 9.17) is 21.1 Å². The van der Waals surface area contributed by atoms with Crippen molar-refractivity contribution < 1.29 is 22.7 Å². The van der Waals surface area contributed by atoms with Crippen LogP contribution in [-0.4, -0.2) is 43.9 Å². The van der Waals surface area contributed by atoms with Gasteiger partial charge in [-0.3, -0.25) is 0 Å². The molecule has 10 heteroatoms. The van der Waals surface area contributed by atoms with Gasteiger partial charge in [0, 0.05) is 18.5 Å². The molecule has 1 aromatic heterocycles. The molecule has 0 spiro atoms. The van der Waals surface area contributed by atoms with Crippen LogP contribution in [0.4, 0.5) is 0 Å². The minimum atomic E-state index is -3.82. The predicted molar refractivity (Wildman–Crippen MR) is 125 cm³/mol. The summed E-state index contributed by atoms with van der Waals surface area (Å²) in [5.41, 5.74) is 1.52. The quantitative estimate of drug-likeness (QED) is 0.395. The number of sulfonamides is 1. The number of hydrogen-bond acceptors (Lipinski definition) is 7. The zero-order chi connectivity index (χ0) is 23.3. The first-order chi connectivity index (χ1) is 15.3. The predicted octanol–water partition coefficient (Wildman–Crippen LogP) is 4.86. The van der Waals surface area contributed by atoms with E-state index in [1.807, 2.05) is 24.3 Å². The van der Waals surface area contributed by atoms with Gasteiger partial charge in [0.15, 0.2) is 0 Å². The first-order valence-electron chi connectivity index (χ1n) is 9.86. The Morgan fingerprint density at radius 3 is 2.56 bits per heavy atom. The first kappa shape index (κ1) is 24.2. The van der Waals surface area contributed by atoms with Gasteiger partial charge in [0.1, 0.15) is 22.3 Å². The molecule has 0 amide bonds. The molecule has 0 saturated carbocycles. The number of thiazole rings is 1. The van der Waals surface area contributed by atoms with Crippen molar-refractivity contribution in [3.05, 3.63) is 64.1 Å². The molecule has 0 bridgehead atoms. The van der Waals surface area contributed by atoms with Gasteiger partial charge in [-0.05, 0) is 30.3 Å². The minimum absolute atomic E-state index is 0.0504. The largest absolute Gasteiger partial charge is 0.496 e. The standard InChI is InChI=1S/C22H23ClN2O5S2/c1-4-25(5-2)32(27,28)20-12-15(10-11-18(20)23)22(26)30-13-16-14-31-21(24-16)17-8-6-7-9-19(17)29-3/h6-12,14H,4-5,13H2,1-3H3. The molecule has 0 radical (unpaired) electrons. The molecule has 32 heavy (non-hydrogen) atoms. The van der Waals surface area contributed by atoms with Crippen LogP contribution in [0.3, 0.4) is 0 Å².